The van der Waals surface area contributed by atoms with Gasteiger partial charge in [-0.15, -0.1) is 0 Å². The van der Waals surface area contributed by atoms with Crippen molar-refractivity contribution in [2.24, 2.45) is 5.92 Å². The summed E-state index contributed by atoms with van der Waals surface area (Å²) in [5.74, 6) is 0.533. The van der Waals surface area contributed by atoms with Gasteiger partial charge in [-0.1, -0.05) is 6.07 Å². The minimum Gasteiger partial charge on any atom is -0.316 e. The average molecular weight is 270 g/mol. The maximum Gasteiger partial charge on any atom is 0.269 e. The molecule has 2 rings (SSSR count). The number of rotatable bonds is 6. The zero-order chi connectivity index (χ0) is 14.0. The van der Waals surface area contributed by atoms with Gasteiger partial charge in [-0.05, 0) is 37.8 Å². The summed E-state index contributed by atoms with van der Waals surface area (Å²) < 4.78 is 26.0. The molecule has 104 valence electrons. The SMILES string of the molecule is CNC(Cc1ccc([N+](=O)[O-])cc1C(F)F)C1CC1. The lowest BCUT2D eigenvalue weighted by molar-refractivity contribution is -0.385. The van der Waals surface area contributed by atoms with Crippen LogP contribution in [0, 0.1) is 16.0 Å². The summed E-state index contributed by atoms with van der Waals surface area (Å²) in [5.41, 5.74) is -0.0200. The number of hydrogen-bond donors (Lipinski definition) is 1. The van der Waals surface area contributed by atoms with Gasteiger partial charge in [-0.25, -0.2) is 8.78 Å². The molecule has 0 radical (unpaired) electrons. The number of alkyl halides is 2. The molecular formula is C13H16F2N2O2. The molecule has 1 fully saturated rings. The Morgan fingerprint density at radius 2 is 2.16 bits per heavy atom. The van der Waals surface area contributed by atoms with Crippen LogP contribution in [0.2, 0.25) is 0 Å². The third-order valence-electron chi connectivity index (χ3n) is 3.58. The van der Waals surface area contributed by atoms with E-state index in [0.717, 1.165) is 18.9 Å². The van der Waals surface area contributed by atoms with Crippen LogP contribution in [0.5, 0.6) is 0 Å². The monoisotopic (exact) mass is 270 g/mol. The Balaban J connectivity index is 2.25. The van der Waals surface area contributed by atoms with Crippen LogP contribution in [0.3, 0.4) is 0 Å². The van der Waals surface area contributed by atoms with Crippen LogP contribution in [0.1, 0.15) is 30.4 Å². The van der Waals surface area contributed by atoms with E-state index in [4.69, 9.17) is 0 Å². The maximum absolute atomic E-state index is 13.0. The third-order valence-corrected chi connectivity index (χ3v) is 3.58. The van der Waals surface area contributed by atoms with Crippen LogP contribution in [-0.4, -0.2) is 18.0 Å². The number of hydrogen-bond acceptors (Lipinski definition) is 3. The van der Waals surface area contributed by atoms with E-state index < -0.39 is 11.3 Å². The molecule has 6 heteroatoms. The van der Waals surface area contributed by atoms with Gasteiger partial charge in [0.2, 0.25) is 0 Å². The molecule has 1 aliphatic rings. The molecule has 1 aliphatic carbocycles. The lowest BCUT2D eigenvalue weighted by atomic mass is 9.97. The summed E-state index contributed by atoms with van der Waals surface area (Å²) in [6.07, 6.45) is 0.0238. The van der Waals surface area contributed by atoms with Gasteiger partial charge >= 0.3 is 0 Å². The molecule has 0 amide bonds. The summed E-state index contributed by atoms with van der Waals surface area (Å²) in [4.78, 5) is 9.99. The third kappa shape index (κ3) is 3.26. The van der Waals surface area contributed by atoms with Crippen molar-refractivity contribution in [3.63, 3.8) is 0 Å². The minimum atomic E-state index is -2.69. The van der Waals surface area contributed by atoms with Crippen LogP contribution >= 0.6 is 0 Å². The van der Waals surface area contributed by atoms with E-state index in [-0.39, 0.29) is 17.3 Å². The highest BCUT2D eigenvalue weighted by Gasteiger charge is 2.31. The van der Waals surface area contributed by atoms with Crippen molar-refractivity contribution in [1.29, 1.82) is 0 Å². The van der Waals surface area contributed by atoms with Crippen molar-refractivity contribution in [3.05, 3.63) is 39.4 Å². The largest absolute Gasteiger partial charge is 0.316 e. The molecule has 19 heavy (non-hydrogen) atoms. The first kappa shape index (κ1) is 13.9. The molecule has 1 aromatic carbocycles. The number of halogens is 2. The quantitative estimate of drug-likeness (QED) is 0.638. The molecular weight excluding hydrogens is 254 g/mol. The minimum absolute atomic E-state index is 0.166. The standard InChI is InChI=1S/C13H16F2N2O2/c1-16-12(8-2-3-8)6-9-4-5-10(17(18)19)7-11(9)13(14)15/h4-5,7-8,12-13,16H,2-3,6H2,1H3. The zero-order valence-corrected chi connectivity index (χ0v) is 10.6. The Morgan fingerprint density at radius 3 is 2.63 bits per heavy atom. The van der Waals surface area contributed by atoms with Crippen molar-refractivity contribution in [2.45, 2.75) is 31.7 Å². The number of nitro groups is 1. The van der Waals surface area contributed by atoms with Gasteiger partial charge < -0.3 is 5.32 Å². The van der Waals surface area contributed by atoms with Gasteiger partial charge in [0.05, 0.1) is 4.92 Å². The molecule has 4 nitrogen and oxygen atoms in total. The second-order valence-corrected chi connectivity index (χ2v) is 4.88. The highest BCUT2D eigenvalue weighted by Crippen LogP contribution is 2.35. The molecule has 1 saturated carbocycles. The van der Waals surface area contributed by atoms with E-state index in [1.165, 1.54) is 12.1 Å². The summed E-state index contributed by atoms with van der Waals surface area (Å²) in [6.45, 7) is 0. The van der Waals surface area contributed by atoms with Gasteiger partial charge in [0.1, 0.15) is 0 Å². The summed E-state index contributed by atoms with van der Waals surface area (Å²) >= 11 is 0. The van der Waals surface area contributed by atoms with E-state index >= 15 is 0 Å². The Kier molecular flexibility index (Phi) is 4.09. The van der Waals surface area contributed by atoms with Crippen LogP contribution in [0.4, 0.5) is 14.5 Å². The van der Waals surface area contributed by atoms with Gasteiger partial charge in [0.15, 0.2) is 0 Å². The second-order valence-electron chi connectivity index (χ2n) is 4.88. The van der Waals surface area contributed by atoms with Gasteiger partial charge in [-0.2, -0.15) is 0 Å². The fourth-order valence-electron chi connectivity index (χ4n) is 2.32. The molecule has 0 saturated heterocycles. The van der Waals surface area contributed by atoms with E-state index in [2.05, 4.69) is 5.32 Å². The van der Waals surface area contributed by atoms with E-state index in [0.29, 0.717) is 17.9 Å². The first-order valence-corrected chi connectivity index (χ1v) is 6.25. The Hall–Kier alpha value is -1.56. The lowest BCUT2D eigenvalue weighted by Gasteiger charge is -2.17. The predicted molar refractivity (Wildman–Crippen MR) is 67.3 cm³/mol. The fourth-order valence-corrected chi connectivity index (χ4v) is 2.32. The number of nitrogens with zero attached hydrogens (tertiary/aromatic N) is 1. The van der Waals surface area contributed by atoms with Crippen molar-refractivity contribution in [3.8, 4) is 0 Å². The molecule has 0 spiro atoms. The molecule has 1 atom stereocenters. The van der Waals surface area contributed by atoms with Crippen molar-refractivity contribution < 1.29 is 13.7 Å². The van der Waals surface area contributed by atoms with Gasteiger partial charge in [-0.3, -0.25) is 10.1 Å². The smallest absolute Gasteiger partial charge is 0.269 e. The summed E-state index contributed by atoms with van der Waals surface area (Å²) in [6, 6.07) is 3.89. The molecule has 1 unspecified atom stereocenters. The van der Waals surface area contributed by atoms with Crippen LogP contribution in [0.25, 0.3) is 0 Å². The molecule has 0 aliphatic heterocycles. The first-order valence-electron chi connectivity index (χ1n) is 6.25. The predicted octanol–water partition coefficient (Wildman–Crippen LogP) is 3.07. The number of nitro benzene ring substituents is 1. The zero-order valence-electron chi connectivity index (χ0n) is 10.6. The van der Waals surface area contributed by atoms with Crippen LogP contribution in [-0.2, 0) is 6.42 Å². The Morgan fingerprint density at radius 1 is 1.47 bits per heavy atom. The first-order chi connectivity index (χ1) is 9.02. The van der Waals surface area contributed by atoms with Crippen molar-refractivity contribution in [2.75, 3.05) is 7.05 Å². The van der Waals surface area contributed by atoms with E-state index in [9.17, 15) is 18.9 Å². The van der Waals surface area contributed by atoms with Crippen LogP contribution in [0.15, 0.2) is 18.2 Å². The molecule has 0 heterocycles. The fraction of sp³-hybridized carbons (Fsp3) is 0.538. The second kappa shape index (κ2) is 5.61. The summed E-state index contributed by atoms with van der Waals surface area (Å²) in [7, 11) is 1.82. The highest BCUT2D eigenvalue weighted by atomic mass is 19.3. The maximum atomic E-state index is 13.0. The average Bonchev–Trinajstić information content (AvgIpc) is 3.19. The number of benzene rings is 1. The normalized spacial score (nSPS) is 16.6. The van der Waals surface area contributed by atoms with Crippen molar-refractivity contribution in [1.82, 2.24) is 5.32 Å². The molecule has 1 N–H and O–H groups in total. The van der Waals surface area contributed by atoms with Crippen molar-refractivity contribution >= 4 is 5.69 Å². The lowest BCUT2D eigenvalue weighted by Crippen LogP contribution is -2.30. The molecule has 1 aromatic rings. The van der Waals surface area contributed by atoms with E-state index in [1.54, 1.807) is 0 Å². The highest BCUT2D eigenvalue weighted by molar-refractivity contribution is 5.41. The van der Waals surface area contributed by atoms with Crippen LogP contribution < -0.4 is 5.32 Å². The summed E-state index contributed by atoms with van der Waals surface area (Å²) in [5, 5.41) is 13.8. The molecule has 0 bridgehead atoms. The van der Waals surface area contributed by atoms with E-state index in [1.807, 2.05) is 7.05 Å². The van der Waals surface area contributed by atoms with Gasteiger partial charge in [0.25, 0.3) is 12.1 Å². The number of nitrogens with one attached hydrogen (secondary N) is 1. The Bertz CT molecular complexity index is 476. The Labute approximate surface area is 110 Å². The number of likely N-dealkylation sites (N-methyl/N-ethyl adjacent to an activating group) is 1. The number of non-ortho nitro benzene ring substituents is 1. The van der Waals surface area contributed by atoms with Gasteiger partial charge in [0, 0.05) is 23.7 Å². The topological polar surface area (TPSA) is 55.2 Å². The molecule has 0 aromatic heterocycles.